The van der Waals surface area contributed by atoms with Gasteiger partial charge >= 0.3 is 0 Å². The van der Waals surface area contributed by atoms with Crippen molar-refractivity contribution in [3.63, 3.8) is 0 Å². The van der Waals surface area contributed by atoms with Crippen LogP contribution in [-0.4, -0.2) is 74.2 Å². The zero-order chi connectivity index (χ0) is 35.3. The van der Waals surface area contributed by atoms with Crippen LogP contribution in [-0.2, 0) is 12.8 Å². The molecule has 2 heterocycles. The van der Waals surface area contributed by atoms with Crippen LogP contribution in [0, 0.1) is 23.3 Å². The van der Waals surface area contributed by atoms with Gasteiger partial charge in [-0.15, -0.1) is 0 Å². The highest BCUT2D eigenvalue weighted by atomic mass is 79.9. The van der Waals surface area contributed by atoms with Crippen LogP contribution in [0.2, 0.25) is 0 Å². The number of hydrogen-bond acceptors (Lipinski definition) is 6. The smallest absolute Gasteiger partial charge is 0.203 e. The maximum Gasteiger partial charge on any atom is 0.203 e. The van der Waals surface area contributed by atoms with Crippen LogP contribution in [0.5, 0.6) is 11.5 Å². The largest absolute Gasteiger partial charge is 0.483 e. The van der Waals surface area contributed by atoms with E-state index in [2.05, 4.69) is 60.6 Å². The van der Waals surface area contributed by atoms with Gasteiger partial charge in [-0.2, -0.15) is 4.39 Å². The highest BCUT2D eigenvalue weighted by Gasteiger charge is 2.40. The van der Waals surface area contributed by atoms with Crippen LogP contribution in [0.1, 0.15) is 47.3 Å². The number of nitrogens with zero attached hydrogens (tertiary/aromatic N) is 2. The summed E-state index contributed by atoms with van der Waals surface area (Å²) in [4.78, 5) is 4.85. The molecule has 2 aliphatic carbocycles. The molecule has 0 bridgehead atoms. The number of fused-ring (bicyclic) bond motifs is 2. The number of ether oxygens (including phenoxy) is 2. The average molecular weight is 768 g/mol. The Morgan fingerprint density at radius 2 is 1.16 bits per heavy atom. The lowest BCUT2D eigenvalue weighted by Gasteiger charge is -2.32. The summed E-state index contributed by atoms with van der Waals surface area (Å²) in [5.41, 5.74) is 4.63. The molecule has 2 fully saturated rings. The first-order valence-corrected chi connectivity index (χ1v) is 18.6. The van der Waals surface area contributed by atoms with Crippen molar-refractivity contribution < 1.29 is 27.0 Å². The van der Waals surface area contributed by atoms with Gasteiger partial charge in [0, 0.05) is 26.2 Å². The quantitative estimate of drug-likeness (QED) is 0.158. The molecule has 4 aliphatic rings. The van der Waals surface area contributed by atoms with E-state index in [1.807, 2.05) is 24.3 Å². The molecule has 0 saturated carbocycles. The molecule has 4 aromatic carbocycles. The fourth-order valence-corrected chi connectivity index (χ4v) is 8.29. The highest BCUT2D eigenvalue weighted by molar-refractivity contribution is 9.10. The number of hydrogen-bond donors (Lipinski definition) is 2. The van der Waals surface area contributed by atoms with Crippen LogP contribution in [0.15, 0.2) is 83.3 Å². The number of rotatable bonds is 6. The van der Waals surface area contributed by atoms with Gasteiger partial charge in [-0.3, -0.25) is 9.80 Å². The number of nitrogens with one attached hydrogen (secondary N) is 2. The Balaban J connectivity index is 0.000000159. The van der Waals surface area contributed by atoms with Gasteiger partial charge in [0.25, 0.3) is 0 Å². The summed E-state index contributed by atoms with van der Waals surface area (Å²) in [6, 6.07) is 22.9. The van der Waals surface area contributed by atoms with Gasteiger partial charge in [-0.25, -0.2) is 13.2 Å². The van der Waals surface area contributed by atoms with Gasteiger partial charge in [0.15, 0.2) is 17.4 Å². The van der Waals surface area contributed by atoms with Crippen LogP contribution in [0.4, 0.5) is 17.6 Å². The Kier molecular flexibility index (Phi) is 11.6. The minimum atomic E-state index is -1.27. The third kappa shape index (κ3) is 8.13. The van der Waals surface area contributed by atoms with Crippen molar-refractivity contribution in [2.45, 2.75) is 50.0 Å². The third-order valence-corrected chi connectivity index (χ3v) is 11.0. The summed E-state index contributed by atoms with van der Waals surface area (Å²) in [5.74, 6) is -3.47. The molecule has 2 saturated heterocycles. The maximum absolute atomic E-state index is 14.2. The summed E-state index contributed by atoms with van der Waals surface area (Å²) in [5, 5.41) is 6.83. The first kappa shape index (κ1) is 35.9. The van der Waals surface area contributed by atoms with Crippen LogP contribution in [0.3, 0.4) is 0 Å². The topological polar surface area (TPSA) is 49.0 Å². The Morgan fingerprint density at radius 3 is 1.75 bits per heavy atom. The molecule has 6 nitrogen and oxygen atoms in total. The highest BCUT2D eigenvalue weighted by Crippen LogP contribution is 2.41. The zero-order valence-electron chi connectivity index (χ0n) is 28.4. The third-order valence-electron chi connectivity index (χ3n) is 10.4. The lowest BCUT2D eigenvalue weighted by Crippen LogP contribution is -2.42. The summed E-state index contributed by atoms with van der Waals surface area (Å²) >= 11 is 3.43. The van der Waals surface area contributed by atoms with E-state index < -0.39 is 29.3 Å². The summed E-state index contributed by atoms with van der Waals surface area (Å²) < 4.78 is 68.2. The molecule has 2 aliphatic heterocycles. The van der Waals surface area contributed by atoms with Gasteiger partial charge in [-0.1, -0.05) is 48.5 Å². The van der Waals surface area contributed by atoms with Gasteiger partial charge in [0.1, 0.15) is 23.8 Å². The van der Waals surface area contributed by atoms with Gasteiger partial charge < -0.3 is 20.1 Å². The van der Waals surface area contributed by atoms with E-state index in [1.54, 1.807) is 6.07 Å². The lowest BCUT2D eigenvalue weighted by molar-refractivity contribution is 0.0751. The predicted octanol–water partition coefficient (Wildman–Crippen LogP) is 7.37. The van der Waals surface area contributed by atoms with Crippen molar-refractivity contribution in [2.24, 2.45) is 0 Å². The van der Waals surface area contributed by atoms with Crippen molar-refractivity contribution in [3.05, 3.63) is 129 Å². The van der Waals surface area contributed by atoms with E-state index in [-0.39, 0.29) is 18.0 Å². The van der Waals surface area contributed by atoms with Crippen molar-refractivity contribution in [1.82, 2.24) is 20.4 Å². The first-order valence-electron chi connectivity index (χ1n) is 17.8. The van der Waals surface area contributed by atoms with Crippen molar-refractivity contribution >= 4 is 15.9 Å². The van der Waals surface area contributed by atoms with E-state index in [4.69, 9.17) is 9.47 Å². The molecule has 4 aromatic rings. The summed E-state index contributed by atoms with van der Waals surface area (Å²) in [7, 11) is 0. The molecule has 4 atom stereocenters. The molecule has 0 unspecified atom stereocenters. The van der Waals surface area contributed by atoms with Crippen molar-refractivity contribution in [2.75, 3.05) is 52.4 Å². The van der Waals surface area contributed by atoms with E-state index in [9.17, 15) is 17.6 Å². The average Bonchev–Trinajstić information content (AvgIpc) is 3.38. The normalized spacial score (nSPS) is 23.7. The maximum atomic E-state index is 14.2. The fourth-order valence-electron chi connectivity index (χ4n) is 7.85. The molecule has 0 radical (unpaired) electrons. The minimum absolute atomic E-state index is 0.0314. The molecule has 0 spiro atoms. The van der Waals surface area contributed by atoms with Crippen LogP contribution < -0.4 is 20.1 Å². The number of benzene rings is 4. The minimum Gasteiger partial charge on any atom is -0.483 e. The number of halogens is 5. The SMILES string of the molecule is Fc1ccc(F)c(O[C@@H]2c3ccccc3C[C@H]2N2CCCNCC2)c1F.Fc1ccc(O[C@@H]2c3ccccc3C[C@H]2N2CCCNCC2)c(Br)c1. The van der Waals surface area contributed by atoms with Crippen molar-refractivity contribution in [3.8, 4) is 11.5 Å². The second-order valence-corrected chi connectivity index (χ2v) is 14.4. The van der Waals surface area contributed by atoms with Gasteiger partial charge in [-0.05, 0) is 120 Å². The second-order valence-electron chi connectivity index (χ2n) is 13.5. The second kappa shape index (κ2) is 16.5. The molecule has 2 N–H and O–H groups in total. The summed E-state index contributed by atoms with van der Waals surface area (Å²) in [6.45, 7) is 7.74. The Hall–Kier alpha value is -3.48. The predicted molar refractivity (Wildman–Crippen MR) is 193 cm³/mol. The summed E-state index contributed by atoms with van der Waals surface area (Å²) in [6.07, 6.45) is 3.34. The molecule has 0 aromatic heterocycles. The Morgan fingerprint density at radius 1 is 0.608 bits per heavy atom. The molecular formula is C40H43BrF4N4O2. The van der Waals surface area contributed by atoms with E-state index in [0.29, 0.717) is 16.3 Å². The molecule has 0 amide bonds. The lowest BCUT2D eigenvalue weighted by atomic mass is 10.1. The molecule has 8 rings (SSSR count). The van der Waals surface area contributed by atoms with E-state index in [1.165, 1.54) is 23.3 Å². The van der Waals surface area contributed by atoms with Crippen LogP contribution in [0.25, 0.3) is 0 Å². The first-order chi connectivity index (χ1) is 24.9. The zero-order valence-corrected chi connectivity index (χ0v) is 30.0. The van der Waals surface area contributed by atoms with Gasteiger partial charge in [0.05, 0.1) is 16.6 Å². The monoisotopic (exact) mass is 766 g/mol. The van der Waals surface area contributed by atoms with Gasteiger partial charge in [0.2, 0.25) is 5.82 Å². The standard InChI is InChI=1S/C20H22BrFN2O.C20H21F3N2O/c21-17-13-15(22)6-7-19(17)25-20-16-5-2-1-4-14(16)12-18(20)24-10-3-8-23-9-11-24;21-15-6-7-16(22)20(18(15)23)26-19-14-5-2-1-4-13(14)12-17(19)25-10-3-8-24-9-11-25/h1-2,4-7,13,18,20,23H,3,8-12H2;1-2,4-7,17,19,24H,3,8-12H2/t18-,20-;17-,19-/m11/s1. The van der Waals surface area contributed by atoms with Crippen LogP contribution >= 0.6 is 15.9 Å². The Bertz CT molecular complexity index is 1800. The molecule has 11 heteroatoms. The molecule has 270 valence electrons. The molecule has 51 heavy (non-hydrogen) atoms. The Labute approximate surface area is 305 Å². The van der Waals surface area contributed by atoms with Crippen molar-refractivity contribution in [1.29, 1.82) is 0 Å². The fraction of sp³-hybridized carbons (Fsp3) is 0.400. The molecular weight excluding hydrogens is 724 g/mol. The van der Waals surface area contributed by atoms with E-state index in [0.717, 1.165) is 101 Å². The van der Waals surface area contributed by atoms with E-state index >= 15 is 0 Å².